The molecule has 1 aliphatic rings. The van der Waals surface area contributed by atoms with Gasteiger partial charge in [0.05, 0.1) is 32.0 Å². The molecule has 4 aromatic rings. The summed E-state index contributed by atoms with van der Waals surface area (Å²) in [6, 6.07) is 11.1. The molecule has 180 valence electrons. The number of nitrogens with zero attached hydrogens (tertiary/aromatic N) is 4. The van der Waals surface area contributed by atoms with Crippen LogP contribution in [0.15, 0.2) is 42.6 Å². The largest absolute Gasteiger partial charge is 0.511 e. The van der Waals surface area contributed by atoms with Crippen LogP contribution in [0.5, 0.6) is 11.5 Å². The van der Waals surface area contributed by atoms with Crippen LogP contribution >= 0.6 is 0 Å². The third kappa shape index (κ3) is 4.66. The molecule has 1 aliphatic heterocycles. The van der Waals surface area contributed by atoms with Gasteiger partial charge in [0.1, 0.15) is 11.4 Å². The second-order valence-electron chi connectivity index (χ2n) is 8.00. The summed E-state index contributed by atoms with van der Waals surface area (Å²) in [4.78, 5) is 23.1. The number of aromatic nitrogens is 4. The Hall–Kier alpha value is -4.38. The smallest absolute Gasteiger partial charge is 0.496 e. The van der Waals surface area contributed by atoms with Gasteiger partial charge in [0.25, 0.3) is 0 Å². The number of ether oxygens (including phenoxy) is 3. The van der Waals surface area contributed by atoms with Crippen molar-refractivity contribution >= 4 is 34.5 Å². The van der Waals surface area contributed by atoms with Crippen molar-refractivity contribution in [3.8, 4) is 22.8 Å². The van der Waals surface area contributed by atoms with Crippen LogP contribution in [-0.4, -0.2) is 64.8 Å². The minimum atomic E-state index is -1.47. The van der Waals surface area contributed by atoms with Crippen molar-refractivity contribution < 1.29 is 24.1 Å². The van der Waals surface area contributed by atoms with Crippen molar-refractivity contribution in [3.05, 3.63) is 48.2 Å². The second kappa shape index (κ2) is 9.47. The number of anilines is 3. The zero-order valence-electron chi connectivity index (χ0n) is 19.2. The highest BCUT2D eigenvalue weighted by molar-refractivity contribution is 5.85. The van der Waals surface area contributed by atoms with Gasteiger partial charge in [-0.3, -0.25) is 5.10 Å². The molecule has 11 nitrogen and oxygen atoms in total. The first kappa shape index (κ1) is 22.4. The lowest BCUT2D eigenvalue weighted by Gasteiger charge is -2.28. The number of methoxy groups -OCH3 is 1. The molecule has 3 N–H and O–H groups in total. The first-order chi connectivity index (χ1) is 17.0. The summed E-state index contributed by atoms with van der Waals surface area (Å²) in [6.45, 7) is 4.23. The van der Waals surface area contributed by atoms with Gasteiger partial charge in [0, 0.05) is 29.7 Å². The maximum atomic E-state index is 11.7. The molecule has 5 rings (SSSR count). The first-order valence-corrected chi connectivity index (χ1v) is 11.0. The van der Waals surface area contributed by atoms with Crippen molar-refractivity contribution in [2.45, 2.75) is 6.92 Å². The van der Waals surface area contributed by atoms with Crippen molar-refractivity contribution in [2.75, 3.05) is 43.6 Å². The highest BCUT2D eigenvalue weighted by atomic mass is 16.7. The molecule has 35 heavy (non-hydrogen) atoms. The van der Waals surface area contributed by atoms with E-state index in [0.717, 1.165) is 16.5 Å². The van der Waals surface area contributed by atoms with E-state index in [-0.39, 0.29) is 11.6 Å². The lowest BCUT2D eigenvalue weighted by atomic mass is 10.1. The van der Waals surface area contributed by atoms with Crippen LogP contribution in [0.1, 0.15) is 5.56 Å². The van der Waals surface area contributed by atoms with Crippen LogP contribution in [0, 0.1) is 6.92 Å². The second-order valence-corrected chi connectivity index (χ2v) is 8.00. The van der Waals surface area contributed by atoms with E-state index in [1.165, 1.54) is 0 Å². The van der Waals surface area contributed by atoms with E-state index >= 15 is 0 Å². The number of hydrogen-bond donors (Lipinski definition) is 3. The van der Waals surface area contributed by atoms with Crippen molar-refractivity contribution in [3.63, 3.8) is 0 Å². The predicted octanol–water partition coefficient (Wildman–Crippen LogP) is 3.97. The minimum Gasteiger partial charge on any atom is -0.496 e. The Balaban J connectivity index is 1.66. The third-order valence-electron chi connectivity index (χ3n) is 5.71. The van der Waals surface area contributed by atoms with Crippen LogP contribution < -0.4 is 19.7 Å². The van der Waals surface area contributed by atoms with Gasteiger partial charge in [0.15, 0.2) is 5.82 Å². The summed E-state index contributed by atoms with van der Waals surface area (Å²) in [5, 5.41) is 20.6. The lowest BCUT2D eigenvalue weighted by Crippen LogP contribution is -2.37. The number of carboxylic acid groups (broad SMARTS) is 1. The predicted molar refractivity (Wildman–Crippen MR) is 130 cm³/mol. The molecule has 1 saturated heterocycles. The summed E-state index contributed by atoms with van der Waals surface area (Å²) < 4.78 is 16.1. The molecule has 0 bridgehead atoms. The fourth-order valence-electron chi connectivity index (χ4n) is 3.99. The van der Waals surface area contributed by atoms with Crippen LogP contribution in [-0.2, 0) is 4.74 Å². The molecule has 0 spiro atoms. The van der Waals surface area contributed by atoms with Crippen molar-refractivity contribution in [1.29, 1.82) is 0 Å². The number of carbonyl (C=O) groups is 1. The molecule has 1 fully saturated rings. The Morgan fingerprint density at radius 1 is 1.17 bits per heavy atom. The number of rotatable bonds is 6. The van der Waals surface area contributed by atoms with Gasteiger partial charge in [-0.2, -0.15) is 10.1 Å². The van der Waals surface area contributed by atoms with Crippen molar-refractivity contribution in [2.24, 2.45) is 0 Å². The topological polar surface area (TPSA) is 135 Å². The quantitative estimate of drug-likeness (QED) is 0.351. The Bertz CT molecular complexity index is 1380. The number of hydrogen-bond acceptors (Lipinski definition) is 9. The van der Waals surface area contributed by atoms with Crippen LogP contribution in [0.25, 0.3) is 22.2 Å². The van der Waals surface area contributed by atoms with E-state index in [2.05, 4.69) is 20.5 Å². The van der Waals surface area contributed by atoms with E-state index < -0.39 is 6.16 Å². The average molecular weight is 476 g/mol. The summed E-state index contributed by atoms with van der Waals surface area (Å²) in [6.07, 6.45) is 0.243. The summed E-state index contributed by atoms with van der Waals surface area (Å²) in [5.74, 6) is 1.40. The maximum Gasteiger partial charge on any atom is 0.511 e. The van der Waals surface area contributed by atoms with E-state index in [1.807, 2.05) is 48.2 Å². The van der Waals surface area contributed by atoms with E-state index in [4.69, 9.17) is 19.2 Å². The average Bonchev–Trinajstić information content (AvgIpc) is 3.33. The monoisotopic (exact) mass is 476 g/mol. The number of morpholine rings is 1. The number of nitrogens with one attached hydrogen (secondary N) is 2. The molecule has 0 saturated carbocycles. The minimum absolute atomic E-state index is 0.00590. The Kier molecular flexibility index (Phi) is 6.06. The molecule has 0 amide bonds. The summed E-state index contributed by atoms with van der Waals surface area (Å²) in [5.41, 5.74) is 3.46. The number of benzene rings is 2. The van der Waals surface area contributed by atoms with Crippen molar-refractivity contribution in [1.82, 2.24) is 20.2 Å². The number of aromatic amines is 1. The molecule has 11 heteroatoms. The van der Waals surface area contributed by atoms with Gasteiger partial charge >= 0.3 is 6.16 Å². The van der Waals surface area contributed by atoms with Gasteiger partial charge in [0.2, 0.25) is 11.7 Å². The van der Waals surface area contributed by atoms with Crippen LogP contribution in [0.4, 0.5) is 22.2 Å². The van der Waals surface area contributed by atoms with E-state index in [9.17, 15) is 9.90 Å². The van der Waals surface area contributed by atoms with Gasteiger partial charge in [-0.05, 0) is 48.9 Å². The molecule has 0 unspecified atom stereocenters. The summed E-state index contributed by atoms with van der Waals surface area (Å²) >= 11 is 0. The van der Waals surface area contributed by atoms with Gasteiger partial charge in [-0.15, -0.1) is 0 Å². The van der Waals surface area contributed by atoms with Crippen LogP contribution in [0.3, 0.4) is 0 Å². The van der Waals surface area contributed by atoms with Gasteiger partial charge in [-0.25, -0.2) is 9.78 Å². The molecule has 3 heterocycles. The molecule has 2 aromatic heterocycles. The molecule has 2 aromatic carbocycles. The fraction of sp³-hybridized carbons (Fsp3) is 0.250. The molecule has 0 radical (unpaired) electrons. The number of H-pyrrole nitrogens is 1. The fourth-order valence-corrected chi connectivity index (χ4v) is 3.99. The van der Waals surface area contributed by atoms with Gasteiger partial charge < -0.3 is 29.5 Å². The van der Waals surface area contributed by atoms with Gasteiger partial charge in [-0.1, -0.05) is 0 Å². The SMILES string of the molecule is COc1ccc(-c2nc(N3CCOCC3)nc(Nc3ccc4[nH]ncc4c3)c2OC(=O)O)cc1C. The van der Waals surface area contributed by atoms with Crippen LogP contribution in [0.2, 0.25) is 0 Å². The molecular formula is C24H24N6O5. The van der Waals surface area contributed by atoms with E-state index in [1.54, 1.807) is 13.3 Å². The zero-order valence-corrected chi connectivity index (χ0v) is 19.2. The zero-order chi connectivity index (χ0) is 24.4. The number of fused-ring (bicyclic) bond motifs is 1. The molecule has 0 atom stereocenters. The standard InChI is InChI=1S/C24H24N6O5/c1-14-11-15(3-6-19(14)33-2)20-21(35-24(31)32)22(28-23(27-20)30-7-9-34-10-8-30)26-17-4-5-18-16(12-17)13-25-29-18/h3-6,11-13H,7-10H2,1-2H3,(H,25,29)(H,31,32)(H,26,27,28). The number of aryl methyl sites for hydroxylation is 1. The lowest BCUT2D eigenvalue weighted by molar-refractivity contribution is 0.122. The highest BCUT2D eigenvalue weighted by Crippen LogP contribution is 2.39. The van der Waals surface area contributed by atoms with E-state index in [0.29, 0.717) is 54.9 Å². The Morgan fingerprint density at radius 2 is 2.00 bits per heavy atom. The normalized spacial score (nSPS) is 13.6. The Labute approximate surface area is 200 Å². The Morgan fingerprint density at radius 3 is 2.74 bits per heavy atom. The highest BCUT2D eigenvalue weighted by Gasteiger charge is 2.24. The third-order valence-corrected chi connectivity index (χ3v) is 5.71. The molecule has 0 aliphatic carbocycles. The maximum absolute atomic E-state index is 11.7. The first-order valence-electron chi connectivity index (χ1n) is 11.0. The summed E-state index contributed by atoms with van der Waals surface area (Å²) in [7, 11) is 1.60. The molecular weight excluding hydrogens is 452 g/mol.